The van der Waals surface area contributed by atoms with Gasteiger partial charge in [-0.05, 0) is 63.0 Å². The fraction of sp³-hybridized carbons (Fsp3) is 0.667. The van der Waals surface area contributed by atoms with Gasteiger partial charge >= 0.3 is 6.18 Å². The number of benzene rings is 1. The number of carbonyl (C=O) groups excluding carboxylic acids is 1. The normalized spacial score (nSPS) is 32.3. The van der Waals surface area contributed by atoms with Crippen LogP contribution in [0, 0.1) is 17.3 Å². The summed E-state index contributed by atoms with van der Waals surface area (Å²) >= 11 is 0. The Kier molecular flexibility index (Phi) is 4.33. The second-order valence-corrected chi connectivity index (χ2v) is 9.31. The molecule has 3 nitrogen and oxygen atoms in total. The summed E-state index contributed by atoms with van der Waals surface area (Å²) in [7, 11) is 0. The first-order chi connectivity index (χ1) is 12.6. The summed E-state index contributed by atoms with van der Waals surface area (Å²) in [5, 5.41) is 9.81. The van der Waals surface area contributed by atoms with Crippen LogP contribution in [0.2, 0.25) is 0 Å². The molecule has 1 aliphatic heterocycles. The molecular formula is C21H26F3NO2. The lowest BCUT2D eigenvalue weighted by Gasteiger charge is -2.52. The van der Waals surface area contributed by atoms with Gasteiger partial charge in [-0.1, -0.05) is 18.2 Å². The van der Waals surface area contributed by atoms with Crippen molar-refractivity contribution in [3.05, 3.63) is 35.4 Å². The van der Waals surface area contributed by atoms with E-state index in [1.165, 1.54) is 12.1 Å². The summed E-state index contributed by atoms with van der Waals surface area (Å²) in [6.45, 7) is 3.30. The Labute approximate surface area is 157 Å². The molecule has 0 bridgehead atoms. The van der Waals surface area contributed by atoms with Crippen molar-refractivity contribution in [1.82, 2.24) is 4.90 Å². The van der Waals surface area contributed by atoms with Gasteiger partial charge in [0.1, 0.15) is 0 Å². The quantitative estimate of drug-likeness (QED) is 0.859. The highest BCUT2D eigenvalue weighted by Gasteiger charge is 2.52. The number of hydrogen-bond acceptors (Lipinski definition) is 2. The lowest BCUT2D eigenvalue weighted by atomic mass is 9.69. The number of amides is 1. The van der Waals surface area contributed by atoms with Gasteiger partial charge in [0.05, 0.1) is 11.2 Å². The molecule has 27 heavy (non-hydrogen) atoms. The van der Waals surface area contributed by atoms with E-state index in [0.717, 1.165) is 44.0 Å². The Morgan fingerprint density at radius 1 is 1.26 bits per heavy atom. The van der Waals surface area contributed by atoms with Crippen LogP contribution in [-0.2, 0) is 17.4 Å². The van der Waals surface area contributed by atoms with E-state index in [4.69, 9.17) is 0 Å². The number of halogens is 3. The van der Waals surface area contributed by atoms with Gasteiger partial charge < -0.3 is 10.0 Å². The fourth-order valence-corrected chi connectivity index (χ4v) is 5.35. The minimum absolute atomic E-state index is 0.0420. The van der Waals surface area contributed by atoms with Crippen LogP contribution in [0.5, 0.6) is 0 Å². The van der Waals surface area contributed by atoms with Gasteiger partial charge in [-0.25, -0.2) is 0 Å². The Morgan fingerprint density at radius 3 is 2.59 bits per heavy atom. The average Bonchev–Trinajstić information content (AvgIpc) is 2.94. The number of nitrogens with zero attached hydrogens (tertiary/aromatic N) is 1. The molecule has 0 radical (unpaired) electrons. The molecule has 1 amide bonds. The smallest absolute Gasteiger partial charge is 0.390 e. The van der Waals surface area contributed by atoms with Crippen molar-refractivity contribution >= 4 is 5.91 Å². The van der Waals surface area contributed by atoms with Gasteiger partial charge in [0.15, 0.2) is 0 Å². The summed E-state index contributed by atoms with van der Waals surface area (Å²) in [6, 6.07) is 5.65. The molecule has 2 aliphatic carbocycles. The highest BCUT2D eigenvalue weighted by Crippen LogP contribution is 2.50. The van der Waals surface area contributed by atoms with E-state index >= 15 is 0 Å². The summed E-state index contributed by atoms with van der Waals surface area (Å²) in [5.74, 6) is 0.503. The van der Waals surface area contributed by atoms with Crippen molar-refractivity contribution in [2.24, 2.45) is 17.3 Å². The van der Waals surface area contributed by atoms with Gasteiger partial charge in [-0.15, -0.1) is 0 Å². The van der Waals surface area contributed by atoms with Crippen LogP contribution in [0.25, 0.3) is 0 Å². The second-order valence-electron chi connectivity index (χ2n) is 9.31. The van der Waals surface area contributed by atoms with Gasteiger partial charge in [0.2, 0.25) is 5.91 Å². The topological polar surface area (TPSA) is 40.5 Å². The van der Waals surface area contributed by atoms with E-state index in [1.54, 1.807) is 13.0 Å². The van der Waals surface area contributed by atoms with E-state index in [9.17, 15) is 23.1 Å². The highest BCUT2D eigenvalue weighted by atomic mass is 19.4. The Morgan fingerprint density at radius 2 is 1.96 bits per heavy atom. The minimum Gasteiger partial charge on any atom is -0.390 e. The van der Waals surface area contributed by atoms with Crippen LogP contribution in [0.3, 0.4) is 0 Å². The standard InChI is InChI=1S/C21H26F3NO2/c1-19(27)10-16(11-19)18(26)25-12-20(13-25)6-5-15(9-20)7-14-3-2-4-17(8-14)21(22,23)24/h2-4,8,15-16,27H,5-7,9-13H2,1H3/t15-,16-,19+/m1/s1. The van der Waals surface area contributed by atoms with Gasteiger partial charge in [-0.3, -0.25) is 4.79 Å². The Bertz CT molecular complexity index is 729. The Balaban J connectivity index is 1.30. The molecule has 2 saturated carbocycles. The molecule has 1 saturated heterocycles. The molecule has 148 valence electrons. The monoisotopic (exact) mass is 381 g/mol. The van der Waals surface area contributed by atoms with Gasteiger partial charge in [0.25, 0.3) is 0 Å². The molecule has 1 aromatic rings. The van der Waals surface area contributed by atoms with Crippen LogP contribution in [0.4, 0.5) is 13.2 Å². The van der Waals surface area contributed by atoms with Crippen molar-refractivity contribution in [2.75, 3.05) is 13.1 Å². The molecule has 1 spiro atoms. The Hall–Kier alpha value is -1.56. The molecule has 4 rings (SSSR count). The molecule has 0 aromatic heterocycles. The largest absolute Gasteiger partial charge is 0.416 e. The number of aliphatic hydroxyl groups is 1. The predicted molar refractivity (Wildman–Crippen MR) is 94.8 cm³/mol. The van der Waals surface area contributed by atoms with Crippen molar-refractivity contribution < 1.29 is 23.1 Å². The molecule has 1 aromatic carbocycles. The van der Waals surface area contributed by atoms with Crippen LogP contribution in [-0.4, -0.2) is 34.6 Å². The van der Waals surface area contributed by atoms with Crippen molar-refractivity contribution in [1.29, 1.82) is 0 Å². The molecule has 3 fully saturated rings. The molecule has 1 heterocycles. The number of carbonyl (C=O) groups is 1. The first-order valence-corrected chi connectivity index (χ1v) is 9.73. The number of alkyl halides is 3. The first-order valence-electron chi connectivity index (χ1n) is 9.73. The number of hydrogen-bond donors (Lipinski definition) is 1. The van der Waals surface area contributed by atoms with E-state index in [2.05, 4.69) is 0 Å². The lowest BCUT2D eigenvalue weighted by Crippen LogP contribution is -2.61. The fourth-order valence-electron chi connectivity index (χ4n) is 5.35. The maximum absolute atomic E-state index is 12.9. The summed E-state index contributed by atoms with van der Waals surface area (Å²) in [5.41, 5.74) is -0.360. The van der Waals surface area contributed by atoms with Crippen LogP contribution in [0.15, 0.2) is 24.3 Å². The maximum Gasteiger partial charge on any atom is 0.416 e. The molecular weight excluding hydrogens is 355 g/mol. The third kappa shape index (κ3) is 3.73. The SMILES string of the molecule is C[C@]1(O)C[C@@H](C(=O)N2CC3(CC[C@H](Cc4cccc(C(F)(F)F)c4)C3)C2)C1. The van der Waals surface area contributed by atoms with E-state index in [-0.39, 0.29) is 17.2 Å². The molecule has 3 aliphatic rings. The highest BCUT2D eigenvalue weighted by molar-refractivity contribution is 5.81. The van der Waals surface area contributed by atoms with Crippen molar-refractivity contribution in [3.63, 3.8) is 0 Å². The van der Waals surface area contributed by atoms with Crippen LogP contribution < -0.4 is 0 Å². The molecule has 1 atom stereocenters. The van der Waals surface area contributed by atoms with E-state index < -0.39 is 17.3 Å². The third-order valence-electron chi connectivity index (χ3n) is 6.67. The number of rotatable bonds is 3. The summed E-state index contributed by atoms with van der Waals surface area (Å²) < 4.78 is 38.6. The van der Waals surface area contributed by atoms with Gasteiger partial charge in [-0.2, -0.15) is 13.2 Å². The molecule has 6 heteroatoms. The van der Waals surface area contributed by atoms with E-state index in [0.29, 0.717) is 25.2 Å². The summed E-state index contributed by atoms with van der Waals surface area (Å²) in [4.78, 5) is 14.4. The lowest BCUT2D eigenvalue weighted by molar-refractivity contribution is -0.161. The third-order valence-corrected chi connectivity index (χ3v) is 6.67. The zero-order valence-corrected chi connectivity index (χ0v) is 15.6. The molecule has 1 N–H and O–H groups in total. The van der Waals surface area contributed by atoms with E-state index in [1.807, 2.05) is 4.90 Å². The summed E-state index contributed by atoms with van der Waals surface area (Å²) in [6.07, 6.45) is 0.509. The van der Waals surface area contributed by atoms with Crippen molar-refractivity contribution in [2.45, 2.75) is 57.2 Å². The predicted octanol–water partition coefficient (Wildman–Crippen LogP) is 4.04. The number of likely N-dealkylation sites (tertiary alicyclic amines) is 1. The zero-order valence-electron chi connectivity index (χ0n) is 15.6. The maximum atomic E-state index is 12.9. The average molecular weight is 381 g/mol. The van der Waals surface area contributed by atoms with Crippen LogP contribution in [0.1, 0.15) is 50.2 Å². The minimum atomic E-state index is -4.30. The molecule has 0 unspecified atom stereocenters. The van der Waals surface area contributed by atoms with Crippen molar-refractivity contribution in [3.8, 4) is 0 Å². The second kappa shape index (κ2) is 6.23. The van der Waals surface area contributed by atoms with Crippen LogP contribution >= 0.6 is 0 Å². The first kappa shape index (κ1) is 18.8. The zero-order chi connectivity index (χ0) is 19.4. The van der Waals surface area contributed by atoms with Gasteiger partial charge in [0, 0.05) is 24.4 Å².